The van der Waals surface area contributed by atoms with Crippen LogP contribution in [-0.2, 0) is 65.4 Å². The molecule has 19 heteroatoms. The van der Waals surface area contributed by atoms with E-state index in [9.17, 15) is 43.2 Å². The summed E-state index contributed by atoms with van der Waals surface area (Å²) in [6.07, 6.45) is 83.2. The molecule has 0 aromatic heterocycles. The normalized spacial score (nSPS) is 14.6. The first kappa shape index (κ1) is 97.2. The predicted molar refractivity (Wildman–Crippen MR) is 418 cm³/mol. The Kier molecular flexibility index (Phi) is 71.0. The van der Waals surface area contributed by atoms with Gasteiger partial charge >= 0.3 is 39.5 Å². The second kappa shape index (κ2) is 74.5. The van der Waals surface area contributed by atoms with Crippen molar-refractivity contribution in [2.75, 3.05) is 39.6 Å². The second-order valence-corrected chi connectivity index (χ2v) is 28.8. The summed E-state index contributed by atoms with van der Waals surface area (Å²) in [6, 6.07) is 0. The molecule has 0 bridgehead atoms. The number of esters is 4. The lowest BCUT2D eigenvalue weighted by molar-refractivity contribution is -0.161. The first-order valence-corrected chi connectivity index (χ1v) is 42.4. The van der Waals surface area contributed by atoms with Crippen molar-refractivity contribution in [3.63, 3.8) is 0 Å². The van der Waals surface area contributed by atoms with E-state index in [4.69, 9.17) is 37.0 Å². The van der Waals surface area contributed by atoms with Crippen LogP contribution in [0.5, 0.6) is 0 Å². The highest BCUT2D eigenvalue weighted by atomic mass is 31.2. The molecule has 17 nitrogen and oxygen atoms in total. The smallest absolute Gasteiger partial charge is 0.462 e. The number of allylic oxidation sites excluding steroid dienone is 21. The summed E-state index contributed by atoms with van der Waals surface area (Å²) in [4.78, 5) is 72.9. The third kappa shape index (κ3) is 73.5. The van der Waals surface area contributed by atoms with Gasteiger partial charge in [-0.3, -0.25) is 37.3 Å². The van der Waals surface area contributed by atoms with E-state index in [0.29, 0.717) is 25.7 Å². The molecule has 0 amide bonds. The Balaban J connectivity index is 5.43. The lowest BCUT2D eigenvalue weighted by Crippen LogP contribution is -2.30. The van der Waals surface area contributed by atoms with E-state index in [1.165, 1.54) is 64.2 Å². The van der Waals surface area contributed by atoms with E-state index in [0.717, 1.165) is 167 Å². The first-order chi connectivity index (χ1) is 49.7. The highest BCUT2D eigenvalue weighted by Crippen LogP contribution is 2.45. The van der Waals surface area contributed by atoms with E-state index in [-0.39, 0.29) is 25.7 Å². The predicted octanol–water partition coefficient (Wildman–Crippen LogP) is 22.9. The number of aliphatic hydroxyl groups excluding tert-OH is 1. The SMILES string of the molecule is CC/C=C\C/C=C\C/C=C\C/C=C\C/C=C\CC(=O)OC(COC(=O)CCCCCCCC/C=C\C/C=C\C/C=C\CCCCC)COP(=O)(O)OCC(O)COP(=O)(O)OCC(COC(=O)CCCCCCC/C=C\C/C=C\CCCCC)OC(=O)CCCCCCC/C=C\CCCCCC. The molecule has 3 N–H and O–H groups in total. The number of unbranched alkanes of at least 4 members (excludes halogenated alkanes) is 26. The van der Waals surface area contributed by atoms with Gasteiger partial charge in [-0.15, -0.1) is 0 Å². The molecule has 5 unspecified atom stereocenters. The van der Waals surface area contributed by atoms with Crippen LogP contribution in [0.1, 0.15) is 310 Å². The van der Waals surface area contributed by atoms with E-state index in [2.05, 4.69) is 137 Å². The highest BCUT2D eigenvalue weighted by Gasteiger charge is 2.30. The Hall–Kier alpha value is -4.80. The molecular weight excluding hydrogens is 1330 g/mol. The van der Waals surface area contributed by atoms with Crippen molar-refractivity contribution in [2.45, 2.75) is 329 Å². The first-order valence-electron chi connectivity index (χ1n) is 39.4. The Morgan fingerprint density at radius 1 is 0.294 bits per heavy atom. The Morgan fingerprint density at radius 3 is 0.902 bits per heavy atom. The number of ether oxygens (including phenoxy) is 4. The van der Waals surface area contributed by atoms with Crippen molar-refractivity contribution in [2.24, 2.45) is 0 Å². The maximum atomic E-state index is 13.1. The molecule has 0 aliphatic rings. The molecule has 0 radical (unpaired) electrons. The van der Waals surface area contributed by atoms with Gasteiger partial charge in [0.05, 0.1) is 32.8 Å². The van der Waals surface area contributed by atoms with Crippen molar-refractivity contribution < 1.29 is 80.2 Å². The number of phosphoric acid groups is 2. The van der Waals surface area contributed by atoms with Gasteiger partial charge in [0.2, 0.25) is 0 Å². The zero-order chi connectivity index (χ0) is 74.6. The van der Waals surface area contributed by atoms with Crippen molar-refractivity contribution in [3.05, 3.63) is 134 Å². The van der Waals surface area contributed by atoms with Gasteiger partial charge in [-0.2, -0.15) is 0 Å². The second-order valence-electron chi connectivity index (χ2n) is 25.9. The maximum absolute atomic E-state index is 13.1. The summed E-state index contributed by atoms with van der Waals surface area (Å²) in [6.45, 7) is 4.54. The van der Waals surface area contributed by atoms with E-state index in [1.54, 1.807) is 12.2 Å². The van der Waals surface area contributed by atoms with Crippen LogP contribution in [0, 0.1) is 0 Å². The average Bonchev–Trinajstić information content (AvgIpc) is 0.907. The van der Waals surface area contributed by atoms with E-state index >= 15 is 0 Å². The number of carbonyl (C=O) groups excluding carboxylic acids is 4. The lowest BCUT2D eigenvalue weighted by atomic mass is 10.1. The molecule has 0 rings (SSSR count). The minimum absolute atomic E-state index is 0.0770. The Labute approximate surface area is 618 Å². The quantitative estimate of drug-likeness (QED) is 0.0169. The van der Waals surface area contributed by atoms with Crippen molar-refractivity contribution in [1.82, 2.24) is 0 Å². The third-order valence-corrected chi connectivity index (χ3v) is 18.0. The summed E-state index contributed by atoms with van der Waals surface area (Å²) >= 11 is 0. The number of carbonyl (C=O) groups is 4. The van der Waals surface area contributed by atoms with Crippen LogP contribution in [-0.4, -0.2) is 96.7 Å². The summed E-state index contributed by atoms with van der Waals surface area (Å²) in [5, 5.41) is 10.6. The molecule has 0 aromatic carbocycles. The summed E-state index contributed by atoms with van der Waals surface area (Å²) < 4.78 is 68.4. The monoisotopic (exact) mass is 1470 g/mol. The fraction of sp³-hybridized carbons (Fsp3) is 0.687. The zero-order valence-electron chi connectivity index (χ0n) is 63.7. The molecule has 584 valence electrons. The van der Waals surface area contributed by atoms with Crippen LogP contribution in [0.15, 0.2) is 134 Å². The standard InChI is InChI=1S/C83H140O17P2/c1-5-9-13-17-21-25-29-33-36-37-38-39-42-45-48-52-56-60-64-68-81(86)94-74-79(100-83(88)70-66-62-58-54-50-46-41-35-31-27-23-19-15-11-7-3)76-98-102(91,92)96-72-77(84)71-95-101(89,90)97-75-78(99-82(87)69-65-61-57-53-49-43-32-28-24-20-16-12-8-4)73-93-80(85)67-63-59-55-51-47-44-40-34-30-26-22-18-14-10-6-2/h11,15,21-23,25-28,32-36,38-41,50,54,62,66,77-79,84H,5-10,12-14,16-20,24,29-31,37,42-49,51-53,55-61,63-65,67-76H2,1-4H3,(H,89,90)(H,91,92)/b15-11-,25-21-,26-22-,27-23-,32-28-,36-33-,39-38-,40-34-,41-35-,54-50-,66-62-. The average molecular weight is 1470 g/mol. The molecule has 0 aromatic rings. The van der Waals surface area contributed by atoms with Crippen LogP contribution < -0.4 is 0 Å². The molecule has 0 saturated heterocycles. The summed E-state index contributed by atoms with van der Waals surface area (Å²) in [7, 11) is -10.00. The minimum atomic E-state index is -5.01. The van der Waals surface area contributed by atoms with Crippen LogP contribution >= 0.6 is 15.6 Å². The molecule has 0 aliphatic carbocycles. The molecule has 0 spiro atoms. The highest BCUT2D eigenvalue weighted by molar-refractivity contribution is 7.47. The van der Waals surface area contributed by atoms with Gasteiger partial charge in [-0.05, 0) is 148 Å². The van der Waals surface area contributed by atoms with E-state index < -0.39 is 97.5 Å². The fourth-order valence-electron chi connectivity index (χ4n) is 10.1. The van der Waals surface area contributed by atoms with Gasteiger partial charge in [-0.1, -0.05) is 271 Å². The molecule has 0 heterocycles. The van der Waals surface area contributed by atoms with Crippen LogP contribution in [0.4, 0.5) is 0 Å². The number of aliphatic hydroxyl groups is 1. The molecule has 0 saturated carbocycles. The van der Waals surface area contributed by atoms with Gasteiger partial charge in [0.1, 0.15) is 19.3 Å². The van der Waals surface area contributed by atoms with Crippen molar-refractivity contribution >= 4 is 39.5 Å². The number of hydrogen-bond acceptors (Lipinski definition) is 15. The van der Waals surface area contributed by atoms with Crippen molar-refractivity contribution in [3.8, 4) is 0 Å². The van der Waals surface area contributed by atoms with Crippen molar-refractivity contribution in [1.29, 1.82) is 0 Å². The Bertz CT molecular complexity index is 2460. The topological polar surface area (TPSA) is 237 Å². The van der Waals surface area contributed by atoms with Gasteiger partial charge < -0.3 is 33.8 Å². The summed E-state index contributed by atoms with van der Waals surface area (Å²) in [5.74, 6) is -2.36. The fourth-order valence-corrected chi connectivity index (χ4v) is 11.7. The van der Waals surface area contributed by atoms with Crippen LogP contribution in [0.3, 0.4) is 0 Å². The van der Waals surface area contributed by atoms with E-state index in [1.807, 2.05) is 12.2 Å². The summed E-state index contributed by atoms with van der Waals surface area (Å²) in [5.41, 5.74) is 0. The number of phosphoric ester groups is 2. The molecule has 102 heavy (non-hydrogen) atoms. The van der Waals surface area contributed by atoms with Gasteiger partial charge in [0.15, 0.2) is 12.2 Å². The minimum Gasteiger partial charge on any atom is -0.462 e. The van der Waals surface area contributed by atoms with Gasteiger partial charge in [0.25, 0.3) is 0 Å². The van der Waals surface area contributed by atoms with Gasteiger partial charge in [-0.25, -0.2) is 9.13 Å². The lowest BCUT2D eigenvalue weighted by Gasteiger charge is -2.21. The van der Waals surface area contributed by atoms with Crippen LogP contribution in [0.2, 0.25) is 0 Å². The van der Waals surface area contributed by atoms with Gasteiger partial charge in [0, 0.05) is 19.3 Å². The molecular formula is C83H140O17P2. The molecule has 5 atom stereocenters. The molecule has 0 fully saturated rings. The van der Waals surface area contributed by atoms with Crippen LogP contribution in [0.25, 0.3) is 0 Å². The number of rotatable bonds is 73. The zero-order valence-corrected chi connectivity index (χ0v) is 65.5. The largest absolute Gasteiger partial charge is 0.472 e. The Morgan fingerprint density at radius 2 is 0.549 bits per heavy atom. The molecule has 0 aliphatic heterocycles. The number of hydrogen-bond donors (Lipinski definition) is 3. The third-order valence-electron chi connectivity index (χ3n) is 16.1. The maximum Gasteiger partial charge on any atom is 0.472 e.